The van der Waals surface area contributed by atoms with Gasteiger partial charge in [-0.25, -0.2) is 0 Å². The van der Waals surface area contributed by atoms with E-state index in [9.17, 15) is 9.90 Å². The molecule has 0 amide bonds. The van der Waals surface area contributed by atoms with Crippen LogP contribution in [-0.4, -0.2) is 23.3 Å². The van der Waals surface area contributed by atoms with Gasteiger partial charge in [0.1, 0.15) is 6.10 Å². The van der Waals surface area contributed by atoms with Crippen molar-refractivity contribution in [2.75, 3.05) is 0 Å². The third kappa shape index (κ3) is 1.46. The summed E-state index contributed by atoms with van der Waals surface area (Å²) in [5.41, 5.74) is 0. The molecule has 1 aliphatic heterocycles. The van der Waals surface area contributed by atoms with Crippen LogP contribution >= 0.6 is 0 Å². The molecule has 0 aromatic carbocycles. The van der Waals surface area contributed by atoms with Crippen molar-refractivity contribution >= 4 is 5.97 Å². The summed E-state index contributed by atoms with van der Waals surface area (Å²) in [7, 11) is 0. The van der Waals surface area contributed by atoms with Crippen LogP contribution < -0.4 is 0 Å². The largest absolute Gasteiger partial charge is 0.462 e. The van der Waals surface area contributed by atoms with Gasteiger partial charge in [0.25, 0.3) is 0 Å². The number of hydrogen-bond donors (Lipinski definition) is 1. The number of carbonyl (C=O) groups is 1. The Bertz CT molecular complexity index is 177. The highest BCUT2D eigenvalue weighted by Gasteiger charge is 2.39. The maximum Gasteiger partial charge on any atom is 0.311 e. The lowest BCUT2D eigenvalue weighted by Gasteiger charge is -2.35. The fraction of sp³-hybridized carbons (Fsp3) is 0.889. The van der Waals surface area contributed by atoms with Gasteiger partial charge >= 0.3 is 5.97 Å². The first-order valence-corrected chi connectivity index (χ1v) is 4.46. The lowest BCUT2D eigenvalue weighted by molar-refractivity contribution is -0.177. The van der Waals surface area contributed by atoms with Crippen LogP contribution in [0.4, 0.5) is 0 Å². The first-order valence-electron chi connectivity index (χ1n) is 4.46. The Morgan fingerprint density at radius 1 is 1.50 bits per heavy atom. The van der Waals surface area contributed by atoms with Gasteiger partial charge in [0.05, 0.1) is 12.0 Å². The first-order chi connectivity index (χ1) is 5.57. The third-order valence-corrected chi connectivity index (χ3v) is 2.68. The Labute approximate surface area is 72.7 Å². The Morgan fingerprint density at radius 3 is 2.58 bits per heavy atom. The minimum Gasteiger partial charge on any atom is -0.462 e. The summed E-state index contributed by atoms with van der Waals surface area (Å²) < 4.78 is 5.13. The molecule has 1 heterocycles. The van der Waals surface area contributed by atoms with E-state index in [1.807, 2.05) is 13.8 Å². The molecule has 3 heteroatoms. The molecular formula is C9H16O3. The predicted octanol–water partition coefficient (Wildman–Crippen LogP) is 0.955. The van der Waals surface area contributed by atoms with E-state index in [0.29, 0.717) is 0 Å². The van der Waals surface area contributed by atoms with Crippen molar-refractivity contribution in [2.24, 2.45) is 11.8 Å². The molecule has 1 saturated heterocycles. The van der Waals surface area contributed by atoms with Gasteiger partial charge in [0.15, 0.2) is 0 Å². The number of aliphatic hydroxyl groups excluding tert-OH is 1. The van der Waals surface area contributed by atoms with Crippen molar-refractivity contribution < 1.29 is 14.6 Å². The summed E-state index contributed by atoms with van der Waals surface area (Å²) in [6.07, 6.45) is 0.122. The van der Waals surface area contributed by atoms with Crippen molar-refractivity contribution in [2.45, 2.75) is 39.4 Å². The average molecular weight is 172 g/mol. The Hall–Kier alpha value is -0.570. The minimum atomic E-state index is -0.545. The third-order valence-electron chi connectivity index (χ3n) is 2.68. The van der Waals surface area contributed by atoms with E-state index in [4.69, 9.17) is 4.74 Å². The van der Waals surface area contributed by atoms with Gasteiger partial charge in [-0.1, -0.05) is 13.8 Å². The molecule has 0 aliphatic carbocycles. The number of rotatable bonds is 1. The Balaban J connectivity index is 2.70. The fourth-order valence-corrected chi connectivity index (χ4v) is 1.63. The standard InChI is InChI=1S/C9H16O3/c1-4-7-5(2)8(10)6(3)9(11)12-7/h5-8,10H,4H2,1-3H3/t5-,6+,7+,8+/m0/s1. The lowest BCUT2D eigenvalue weighted by Crippen LogP contribution is -2.46. The number of esters is 1. The molecule has 0 bridgehead atoms. The molecule has 4 atom stereocenters. The van der Waals surface area contributed by atoms with E-state index in [-0.39, 0.29) is 23.9 Å². The van der Waals surface area contributed by atoms with Crippen molar-refractivity contribution in [3.63, 3.8) is 0 Å². The molecule has 0 aromatic rings. The molecule has 70 valence electrons. The SMILES string of the molecule is CC[C@H]1OC(=O)[C@H](C)[C@H](O)[C@H]1C. The van der Waals surface area contributed by atoms with Crippen LogP contribution in [0, 0.1) is 11.8 Å². The summed E-state index contributed by atoms with van der Waals surface area (Å²) in [6, 6.07) is 0. The van der Waals surface area contributed by atoms with Crippen LogP contribution in [0.25, 0.3) is 0 Å². The molecule has 0 saturated carbocycles. The summed E-state index contributed by atoms with van der Waals surface area (Å²) in [6.45, 7) is 5.58. The van der Waals surface area contributed by atoms with Gasteiger partial charge in [-0.3, -0.25) is 4.79 Å². The lowest BCUT2D eigenvalue weighted by atomic mass is 9.85. The minimum absolute atomic E-state index is 0.0581. The molecule has 1 rings (SSSR count). The Morgan fingerprint density at radius 2 is 2.08 bits per heavy atom. The Kier molecular flexibility index (Phi) is 2.73. The second-order valence-corrected chi connectivity index (χ2v) is 3.52. The normalized spacial score (nSPS) is 42.5. The van der Waals surface area contributed by atoms with E-state index in [1.165, 1.54) is 0 Å². The fourth-order valence-electron chi connectivity index (χ4n) is 1.63. The molecule has 3 nitrogen and oxygen atoms in total. The summed E-state index contributed by atoms with van der Waals surface area (Å²) in [5, 5.41) is 9.62. The zero-order valence-electron chi connectivity index (χ0n) is 7.78. The topological polar surface area (TPSA) is 46.5 Å². The van der Waals surface area contributed by atoms with Crippen molar-refractivity contribution in [1.82, 2.24) is 0 Å². The molecule has 0 spiro atoms. The summed E-state index contributed by atoms with van der Waals surface area (Å²) in [5.74, 6) is -0.585. The van der Waals surface area contributed by atoms with Gasteiger partial charge in [-0.15, -0.1) is 0 Å². The van der Waals surface area contributed by atoms with Crippen LogP contribution in [0.5, 0.6) is 0 Å². The molecule has 1 aliphatic rings. The second-order valence-electron chi connectivity index (χ2n) is 3.52. The van der Waals surface area contributed by atoms with Crippen molar-refractivity contribution in [1.29, 1.82) is 0 Å². The second kappa shape index (κ2) is 3.44. The zero-order valence-corrected chi connectivity index (χ0v) is 7.78. The van der Waals surface area contributed by atoms with Crippen molar-refractivity contribution in [3.8, 4) is 0 Å². The number of cyclic esters (lactones) is 1. The van der Waals surface area contributed by atoms with Gasteiger partial charge < -0.3 is 9.84 Å². The number of ether oxygens (including phenoxy) is 1. The van der Waals surface area contributed by atoms with Crippen LogP contribution in [-0.2, 0) is 9.53 Å². The molecule has 1 N–H and O–H groups in total. The number of carbonyl (C=O) groups excluding carboxylic acids is 1. The van der Waals surface area contributed by atoms with Crippen molar-refractivity contribution in [3.05, 3.63) is 0 Å². The molecule has 0 aromatic heterocycles. The highest BCUT2D eigenvalue weighted by atomic mass is 16.5. The zero-order chi connectivity index (χ0) is 9.30. The highest BCUT2D eigenvalue weighted by Crippen LogP contribution is 2.27. The number of aliphatic hydroxyl groups is 1. The van der Waals surface area contributed by atoms with E-state index in [2.05, 4.69) is 0 Å². The van der Waals surface area contributed by atoms with E-state index in [1.54, 1.807) is 6.92 Å². The molecular weight excluding hydrogens is 156 g/mol. The molecule has 0 radical (unpaired) electrons. The van der Waals surface area contributed by atoms with Crippen LogP contribution in [0.15, 0.2) is 0 Å². The smallest absolute Gasteiger partial charge is 0.311 e. The van der Waals surface area contributed by atoms with Gasteiger partial charge in [-0.05, 0) is 13.3 Å². The monoisotopic (exact) mass is 172 g/mol. The van der Waals surface area contributed by atoms with E-state index in [0.717, 1.165) is 6.42 Å². The average Bonchev–Trinajstić information content (AvgIpc) is 2.08. The van der Waals surface area contributed by atoms with Gasteiger partial charge in [0.2, 0.25) is 0 Å². The van der Waals surface area contributed by atoms with Gasteiger partial charge in [0, 0.05) is 5.92 Å². The maximum absolute atomic E-state index is 11.1. The number of hydrogen-bond acceptors (Lipinski definition) is 3. The van der Waals surface area contributed by atoms with Crippen LogP contribution in [0.2, 0.25) is 0 Å². The quantitative estimate of drug-likeness (QED) is 0.599. The molecule has 0 unspecified atom stereocenters. The highest BCUT2D eigenvalue weighted by molar-refractivity contribution is 5.73. The van der Waals surface area contributed by atoms with E-state index >= 15 is 0 Å². The summed E-state index contributed by atoms with van der Waals surface area (Å²) in [4.78, 5) is 11.1. The molecule has 12 heavy (non-hydrogen) atoms. The van der Waals surface area contributed by atoms with Gasteiger partial charge in [-0.2, -0.15) is 0 Å². The first kappa shape index (κ1) is 9.52. The predicted molar refractivity (Wildman–Crippen MR) is 44.5 cm³/mol. The molecule has 1 fully saturated rings. The van der Waals surface area contributed by atoms with Crippen LogP contribution in [0.3, 0.4) is 0 Å². The summed E-state index contributed by atoms with van der Waals surface area (Å²) >= 11 is 0. The van der Waals surface area contributed by atoms with E-state index < -0.39 is 6.10 Å². The van der Waals surface area contributed by atoms with Crippen LogP contribution in [0.1, 0.15) is 27.2 Å². The maximum atomic E-state index is 11.1.